The number of nitrogens with one attached hydrogen (secondary N) is 1. The molecular formula is C35H28N2O5. The van der Waals surface area contributed by atoms with Crippen molar-refractivity contribution < 1.29 is 23.9 Å². The second-order valence-corrected chi connectivity index (χ2v) is 10.7. The zero-order valence-corrected chi connectivity index (χ0v) is 23.1. The van der Waals surface area contributed by atoms with Gasteiger partial charge in [-0.25, -0.2) is 0 Å². The van der Waals surface area contributed by atoms with Gasteiger partial charge in [-0.2, -0.15) is 0 Å². The fourth-order valence-corrected chi connectivity index (χ4v) is 7.13. The maximum absolute atomic E-state index is 15.0. The predicted octanol–water partition coefficient (Wildman–Crippen LogP) is 5.69. The van der Waals surface area contributed by atoms with Crippen LogP contribution in [0.3, 0.4) is 0 Å². The van der Waals surface area contributed by atoms with E-state index in [9.17, 15) is 14.4 Å². The van der Waals surface area contributed by atoms with Gasteiger partial charge in [-0.3, -0.25) is 14.4 Å². The fourth-order valence-electron chi connectivity index (χ4n) is 7.13. The summed E-state index contributed by atoms with van der Waals surface area (Å²) in [5.41, 5.74) is 2.47. The Morgan fingerprint density at radius 3 is 2.43 bits per heavy atom. The Balaban J connectivity index is 1.54. The van der Waals surface area contributed by atoms with Gasteiger partial charge >= 0.3 is 0 Å². The Morgan fingerprint density at radius 1 is 0.833 bits per heavy atom. The molecule has 1 N–H and O–H groups in total. The van der Waals surface area contributed by atoms with Crippen molar-refractivity contribution in [2.45, 2.75) is 17.5 Å². The number of hydrogen-bond donors (Lipinski definition) is 1. The Labute approximate surface area is 243 Å². The molecule has 7 rings (SSSR count). The summed E-state index contributed by atoms with van der Waals surface area (Å²) in [4.78, 5) is 46.1. The molecule has 7 nitrogen and oxygen atoms in total. The van der Waals surface area contributed by atoms with Crippen LogP contribution in [-0.2, 0) is 10.2 Å². The molecule has 0 saturated carbocycles. The van der Waals surface area contributed by atoms with Gasteiger partial charge in [-0.15, -0.1) is 0 Å². The standard InChI is InChI=1S/C35H28N2O5/c1-41-23-12-9-11-22(20-23)31(38)30-29(32(39)25-14-5-8-17-28(25)42-2)35(26-15-6-7-16-27(26)36-34(35)40)33-24-13-4-3-10-21(24)18-19-37(30)33/h3-20,29-30,33H,1-2H3,(H,36,40). The first-order valence-corrected chi connectivity index (χ1v) is 13.8. The molecule has 1 spiro atoms. The van der Waals surface area contributed by atoms with Gasteiger partial charge in [-0.05, 0) is 53.1 Å². The number of carbonyl (C=O) groups excluding carboxylic acids is 3. The highest BCUT2D eigenvalue weighted by Gasteiger charge is 2.70. The lowest BCUT2D eigenvalue weighted by molar-refractivity contribution is -0.122. The number of ketones is 2. The average molecular weight is 557 g/mol. The van der Waals surface area contributed by atoms with E-state index >= 15 is 0 Å². The minimum absolute atomic E-state index is 0.273. The van der Waals surface area contributed by atoms with E-state index in [2.05, 4.69) is 5.32 Å². The molecule has 0 bridgehead atoms. The van der Waals surface area contributed by atoms with Crippen LogP contribution in [0.4, 0.5) is 5.69 Å². The number of rotatable bonds is 6. The maximum Gasteiger partial charge on any atom is 0.238 e. The van der Waals surface area contributed by atoms with E-state index < -0.39 is 23.4 Å². The van der Waals surface area contributed by atoms with Gasteiger partial charge in [0.2, 0.25) is 5.91 Å². The van der Waals surface area contributed by atoms with E-state index in [0.29, 0.717) is 33.9 Å². The first-order chi connectivity index (χ1) is 20.5. The summed E-state index contributed by atoms with van der Waals surface area (Å²) < 4.78 is 11.0. The third-order valence-corrected chi connectivity index (χ3v) is 8.85. The van der Waals surface area contributed by atoms with Crippen LogP contribution in [-0.4, -0.2) is 42.6 Å². The van der Waals surface area contributed by atoms with Gasteiger partial charge < -0.3 is 19.7 Å². The molecule has 1 saturated heterocycles. The van der Waals surface area contributed by atoms with Crippen molar-refractivity contribution in [3.05, 3.63) is 131 Å². The van der Waals surface area contributed by atoms with Crippen molar-refractivity contribution in [3.8, 4) is 11.5 Å². The molecule has 1 fully saturated rings. The van der Waals surface area contributed by atoms with Crippen molar-refractivity contribution >= 4 is 29.2 Å². The Hall–Kier alpha value is -5.17. The smallest absolute Gasteiger partial charge is 0.238 e. The van der Waals surface area contributed by atoms with E-state index in [1.165, 1.54) is 7.11 Å². The van der Waals surface area contributed by atoms with Crippen molar-refractivity contribution in [3.63, 3.8) is 0 Å². The normalized spacial score (nSPS) is 23.1. The van der Waals surface area contributed by atoms with Crippen molar-refractivity contribution in [1.82, 2.24) is 4.90 Å². The minimum atomic E-state index is -1.41. The van der Waals surface area contributed by atoms with Gasteiger partial charge in [0.05, 0.1) is 31.7 Å². The molecule has 4 unspecified atom stereocenters. The third kappa shape index (κ3) is 3.49. The molecule has 3 aliphatic heterocycles. The van der Waals surface area contributed by atoms with E-state index in [4.69, 9.17) is 9.47 Å². The lowest BCUT2D eigenvalue weighted by Gasteiger charge is -2.38. The Kier molecular flexibility index (Phi) is 5.97. The van der Waals surface area contributed by atoms with Crippen LogP contribution in [0.25, 0.3) is 6.08 Å². The van der Waals surface area contributed by atoms with Crippen LogP contribution < -0.4 is 14.8 Å². The first-order valence-electron chi connectivity index (χ1n) is 13.8. The number of hydrogen-bond acceptors (Lipinski definition) is 6. The summed E-state index contributed by atoms with van der Waals surface area (Å²) in [6, 6.07) is 27.6. The Morgan fingerprint density at radius 2 is 1.60 bits per heavy atom. The number of amides is 1. The molecule has 0 aliphatic carbocycles. The molecule has 3 aliphatic rings. The average Bonchev–Trinajstić information content (AvgIpc) is 3.52. The highest BCUT2D eigenvalue weighted by Crippen LogP contribution is 2.62. The summed E-state index contributed by atoms with van der Waals surface area (Å²) in [5, 5.41) is 3.07. The monoisotopic (exact) mass is 556 g/mol. The summed E-state index contributed by atoms with van der Waals surface area (Å²) in [6.45, 7) is 0. The van der Waals surface area contributed by atoms with Crippen LogP contribution in [0.2, 0.25) is 0 Å². The number of anilines is 1. The molecule has 4 aromatic rings. The second kappa shape index (κ2) is 9.73. The number of carbonyl (C=O) groups is 3. The molecule has 208 valence electrons. The van der Waals surface area contributed by atoms with E-state index in [1.807, 2.05) is 65.7 Å². The highest BCUT2D eigenvalue weighted by molar-refractivity contribution is 6.17. The molecular weight excluding hydrogens is 528 g/mol. The molecule has 7 heteroatoms. The number of fused-ring (bicyclic) bond motifs is 6. The van der Waals surface area contributed by atoms with Gasteiger partial charge in [-0.1, -0.05) is 66.7 Å². The van der Waals surface area contributed by atoms with Crippen LogP contribution in [0.1, 0.15) is 43.4 Å². The van der Waals surface area contributed by atoms with Crippen LogP contribution in [0.5, 0.6) is 11.5 Å². The second-order valence-electron chi connectivity index (χ2n) is 10.7. The molecule has 0 radical (unpaired) electrons. The summed E-state index contributed by atoms with van der Waals surface area (Å²) in [5.74, 6) is -1.08. The first kappa shape index (κ1) is 25.8. The number of benzene rings is 4. The van der Waals surface area contributed by atoms with Gasteiger partial charge in [0.15, 0.2) is 11.6 Å². The fraction of sp³-hybridized carbons (Fsp3) is 0.171. The number of ether oxygens (including phenoxy) is 2. The maximum atomic E-state index is 15.0. The van der Waals surface area contributed by atoms with Crippen molar-refractivity contribution in [2.24, 2.45) is 5.92 Å². The Bertz CT molecular complexity index is 1800. The highest BCUT2D eigenvalue weighted by atomic mass is 16.5. The number of methoxy groups -OCH3 is 2. The predicted molar refractivity (Wildman–Crippen MR) is 159 cm³/mol. The molecule has 42 heavy (non-hydrogen) atoms. The molecule has 3 heterocycles. The topological polar surface area (TPSA) is 84.9 Å². The van der Waals surface area contributed by atoms with Crippen molar-refractivity contribution in [2.75, 3.05) is 19.5 Å². The van der Waals surface area contributed by atoms with Crippen LogP contribution >= 0.6 is 0 Å². The number of Topliss-reactive ketones (excluding diaryl/α,β-unsaturated/α-hetero) is 2. The largest absolute Gasteiger partial charge is 0.497 e. The van der Waals surface area contributed by atoms with Gasteiger partial charge in [0.1, 0.15) is 23.0 Å². The van der Waals surface area contributed by atoms with E-state index in [-0.39, 0.29) is 17.5 Å². The molecule has 0 aromatic heterocycles. The zero-order valence-electron chi connectivity index (χ0n) is 23.1. The number of para-hydroxylation sites is 2. The SMILES string of the molecule is COc1cccc(C(=O)C2C(C(=O)c3ccccc3OC)C3(C(=O)Nc4ccccc43)C3c4ccccc4C=CN23)c1. The van der Waals surface area contributed by atoms with Crippen molar-refractivity contribution in [1.29, 1.82) is 0 Å². The quantitative estimate of drug-likeness (QED) is 0.308. The summed E-state index contributed by atoms with van der Waals surface area (Å²) in [6.07, 6.45) is 3.81. The minimum Gasteiger partial charge on any atom is -0.497 e. The summed E-state index contributed by atoms with van der Waals surface area (Å²) >= 11 is 0. The lowest BCUT2D eigenvalue weighted by atomic mass is 9.62. The molecule has 4 atom stereocenters. The van der Waals surface area contributed by atoms with Gasteiger partial charge in [0.25, 0.3) is 0 Å². The lowest BCUT2D eigenvalue weighted by Crippen LogP contribution is -2.49. The van der Waals surface area contributed by atoms with Crippen LogP contribution in [0.15, 0.2) is 103 Å². The number of nitrogens with zero attached hydrogens (tertiary/aromatic N) is 1. The zero-order chi connectivity index (χ0) is 29.0. The van der Waals surface area contributed by atoms with E-state index in [1.54, 1.807) is 55.6 Å². The summed E-state index contributed by atoms with van der Waals surface area (Å²) in [7, 11) is 3.05. The van der Waals surface area contributed by atoms with E-state index in [0.717, 1.165) is 11.1 Å². The third-order valence-electron chi connectivity index (χ3n) is 8.85. The van der Waals surface area contributed by atoms with Gasteiger partial charge in [0, 0.05) is 17.5 Å². The molecule has 4 aromatic carbocycles. The van der Waals surface area contributed by atoms with Crippen LogP contribution in [0, 0.1) is 5.92 Å². The molecule has 1 amide bonds.